The first-order valence-electron chi connectivity index (χ1n) is 7.70. The van der Waals surface area contributed by atoms with Crippen molar-refractivity contribution >= 4 is 22.6 Å². The lowest BCUT2D eigenvalue weighted by Crippen LogP contribution is -2.24. The van der Waals surface area contributed by atoms with Gasteiger partial charge in [0.1, 0.15) is 11.5 Å². The molecule has 0 saturated carbocycles. The number of nitrogens with zero attached hydrogens (tertiary/aromatic N) is 2. The van der Waals surface area contributed by atoms with Crippen LogP contribution in [0.15, 0.2) is 30.6 Å². The van der Waals surface area contributed by atoms with Crippen molar-refractivity contribution in [1.82, 2.24) is 14.9 Å². The molecular formula is C18H19FN4O. The van der Waals surface area contributed by atoms with E-state index in [1.807, 2.05) is 19.2 Å². The number of hydrogen-bond acceptors (Lipinski definition) is 3. The molecule has 0 bridgehead atoms. The van der Waals surface area contributed by atoms with Crippen molar-refractivity contribution in [3.63, 3.8) is 0 Å². The van der Waals surface area contributed by atoms with E-state index >= 15 is 0 Å². The SMILES string of the molecule is CCc1c[nH]c2ncc(-c3ccc(N)c(C(=O)N(C)C)c3F)cc12. The summed E-state index contributed by atoms with van der Waals surface area (Å²) in [6.07, 6.45) is 4.35. The van der Waals surface area contributed by atoms with Crippen molar-refractivity contribution in [3.05, 3.63) is 47.5 Å². The summed E-state index contributed by atoms with van der Waals surface area (Å²) in [7, 11) is 3.13. The summed E-state index contributed by atoms with van der Waals surface area (Å²) < 4.78 is 15.0. The fourth-order valence-corrected chi connectivity index (χ4v) is 2.75. The zero-order valence-corrected chi connectivity index (χ0v) is 13.9. The number of nitrogen functional groups attached to an aromatic ring is 1. The fraction of sp³-hybridized carbons (Fsp3) is 0.222. The molecule has 1 aromatic carbocycles. The first-order valence-corrected chi connectivity index (χ1v) is 7.70. The lowest BCUT2D eigenvalue weighted by Gasteiger charge is -2.15. The smallest absolute Gasteiger partial charge is 0.258 e. The first-order chi connectivity index (χ1) is 11.4. The van der Waals surface area contributed by atoms with E-state index < -0.39 is 11.7 Å². The highest BCUT2D eigenvalue weighted by molar-refractivity contribution is 6.00. The van der Waals surface area contributed by atoms with Crippen LogP contribution in [0.4, 0.5) is 10.1 Å². The number of anilines is 1. The second-order valence-electron chi connectivity index (χ2n) is 5.88. The van der Waals surface area contributed by atoms with E-state index in [1.165, 1.54) is 4.90 Å². The highest BCUT2D eigenvalue weighted by Gasteiger charge is 2.21. The van der Waals surface area contributed by atoms with E-state index in [4.69, 9.17) is 5.73 Å². The summed E-state index contributed by atoms with van der Waals surface area (Å²) >= 11 is 0. The van der Waals surface area contributed by atoms with Gasteiger partial charge in [0.25, 0.3) is 5.91 Å². The number of aromatic amines is 1. The maximum Gasteiger partial charge on any atom is 0.258 e. The van der Waals surface area contributed by atoms with E-state index in [0.717, 1.165) is 23.0 Å². The molecule has 3 rings (SSSR count). The molecule has 1 amide bonds. The standard InChI is InChI=1S/C18H19FN4O/c1-4-10-8-21-17-13(10)7-11(9-22-17)12-5-6-14(20)15(16(12)19)18(24)23(2)3/h5-9H,4,20H2,1-3H3,(H,21,22). The number of nitrogens with one attached hydrogen (secondary N) is 1. The Labute approximate surface area is 139 Å². The number of nitrogens with two attached hydrogens (primary N) is 1. The van der Waals surface area contributed by atoms with Crippen LogP contribution in [0.5, 0.6) is 0 Å². The van der Waals surface area contributed by atoms with E-state index in [-0.39, 0.29) is 11.3 Å². The molecule has 0 aliphatic rings. The number of aryl methyl sites for hydroxylation is 1. The van der Waals surface area contributed by atoms with Crippen LogP contribution < -0.4 is 5.73 Å². The van der Waals surface area contributed by atoms with Gasteiger partial charge in [0.15, 0.2) is 0 Å². The highest BCUT2D eigenvalue weighted by atomic mass is 19.1. The van der Waals surface area contributed by atoms with Crippen molar-refractivity contribution in [2.24, 2.45) is 0 Å². The van der Waals surface area contributed by atoms with Gasteiger partial charge in [-0.3, -0.25) is 4.79 Å². The van der Waals surface area contributed by atoms with Gasteiger partial charge in [0.05, 0.1) is 5.56 Å². The van der Waals surface area contributed by atoms with Crippen LogP contribution in [0.1, 0.15) is 22.8 Å². The van der Waals surface area contributed by atoms with Gasteiger partial charge >= 0.3 is 0 Å². The van der Waals surface area contributed by atoms with Crippen molar-refractivity contribution in [2.75, 3.05) is 19.8 Å². The number of carbonyl (C=O) groups excluding carboxylic acids is 1. The minimum absolute atomic E-state index is 0.109. The number of pyridine rings is 1. The summed E-state index contributed by atoms with van der Waals surface area (Å²) in [4.78, 5) is 21.0. The monoisotopic (exact) mass is 326 g/mol. The molecule has 0 atom stereocenters. The Bertz CT molecular complexity index is 930. The van der Waals surface area contributed by atoms with Gasteiger partial charge in [-0.25, -0.2) is 9.37 Å². The van der Waals surface area contributed by atoms with Crippen molar-refractivity contribution < 1.29 is 9.18 Å². The van der Waals surface area contributed by atoms with Gasteiger partial charge in [-0.15, -0.1) is 0 Å². The van der Waals surface area contributed by atoms with Gasteiger partial charge in [-0.05, 0) is 30.2 Å². The number of halogens is 1. The van der Waals surface area contributed by atoms with Crippen LogP contribution in [-0.2, 0) is 6.42 Å². The molecule has 24 heavy (non-hydrogen) atoms. The molecule has 0 saturated heterocycles. The molecule has 6 heteroatoms. The van der Waals surface area contributed by atoms with Crippen molar-refractivity contribution in [2.45, 2.75) is 13.3 Å². The normalized spacial score (nSPS) is 11.0. The van der Waals surface area contributed by atoms with Crippen LogP contribution in [0.2, 0.25) is 0 Å². The molecule has 0 spiro atoms. The Hall–Kier alpha value is -2.89. The average Bonchev–Trinajstić information content (AvgIpc) is 2.97. The van der Waals surface area contributed by atoms with Crippen LogP contribution >= 0.6 is 0 Å². The summed E-state index contributed by atoms with van der Waals surface area (Å²) in [6, 6.07) is 5.02. The number of aromatic nitrogens is 2. The Morgan fingerprint density at radius 1 is 1.38 bits per heavy atom. The van der Waals surface area contributed by atoms with Crippen molar-refractivity contribution in [3.8, 4) is 11.1 Å². The Morgan fingerprint density at radius 2 is 2.12 bits per heavy atom. The lowest BCUT2D eigenvalue weighted by atomic mass is 10.00. The molecule has 0 aliphatic heterocycles. The van der Waals surface area contributed by atoms with E-state index in [1.54, 1.807) is 32.4 Å². The largest absolute Gasteiger partial charge is 0.398 e. The molecule has 0 unspecified atom stereocenters. The van der Waals surface area contributed by atoms with Gasteiger partial charge in [0.2, 0.25) is 0 Å². The van der Waals surface area contributed by atoms with Crippen LogP contribution in [0.3, 0.4) is 0 Å². The molecule has 0 aliphatic carbocycles. The summed E-state index contributed by atoms with van der Waals surface area (Å²) in [6.45, 7) is 2.05. The molecular weight excluding hydrogens is 307 g/mol. The summed E-state index contributed by atoms with van der Waals surface area (Å²) in [5.74, 6) is -1.08. The number of H-pyrrole nitrogens is 1. The summed E-state index contributed by atoms with van der Waals surface area (Å²) in [5.41, 5.74) is 8.63. The molecule has 2 heterocycles. The van der Waals surface area contributed by atoms with E-state index in [2.05, 4.69) is 9.97 Å². The predicted molar refractivity (Wildman–Crippen MR) is 93.3 cm³/mol. The average molecular weight is 326 g/mol. The maximum atomic E-state index is 15.0. The number of carbonyl (C=O) groups is 1. The van der Waals surface area contributed by atoms with Gasteiger partial charge < -0.3 is 15.6 Å². The van der Waals surface area contributed by atoms with Gasteiger partial charge in [0, 0.05) is 48.7 Å². The quantitative estimate of drug-likeness (QED) is 0.726. The maximum absolute atomic E-state index is 15.0. The fourth-order valence-electron chi connectivity index (χ4n) is 2.75. The number of fused-ring (bicyclic) bond motifs is 1. The van der Waals surface area contributed by atoms with E-state index in [9.17, 15) is 9.18 Å². The molecule has 3 N–H and O–H groups in total. The third-order valence-electron chi connectivity index (χ3n) is 4.10. The van der Waals surface area contributed by atoms with E-state index in [0.29, 0.717) is 11.1 Å². The second kappa shape index (κ2) is 5.96. The predicted octanol–water partition coefficient (Wildman–Crippen LogP) is 3.22. The lowest BCUT2D eigenvalue weighted by molar-refractivity contribution is 0.0824. The number of amides is 1. The topological polar surface area (TPSA) is 75.0 Å². The number of benzene rings is 1. The Balaban J connectivity index is 2.19. The minimum Gasteiger partial charge on any atom is -0.398 e. The molecule has 0 radical (unpaired) electrons. The molecule has 2 aromatic heterocycles. The second-order valence-corrected chi connectivity index (χ2v) is 5.88. The van der Waals surface area contributed by atoms with Gasteiger partial charge in [-0.2, -0.15) is 0 Å². The number of rotatable bonds is 3. The van der Waals surface area contributed by atoms with Crippen molar-refractivity contribution in [1.29, 1.82) is 0 Å². The summed E-state index contributed by atoms with van der Waals surface area (Å²) in [5, 5.41) is 0.951. The first kappa shape index (κ1) is 16.0. The zero-order valence-electron chi connectivity index (χ0n) is 13.9. The third-order valence-corrected chi connectivity index (χ3v) is 4.10. The Morgan fingerprint density at radius 3 is 2.79 bits per heavy atom. The van der Waals surface area contributed by atoms with Gasteiger partial charge in [-0.1, -0.05) is 6.92 Å². The van der Waals surface area contributed by atoms with Crippen LogP contribution in [0.25, 0.3) is 22.2 Å². The molecule has 3 aromatic rings. The zero-order chi connectivity index (χ0) is 17.4. The van der Waals surface area contributed by atoms with Crippen LogP contribution in [-0.4, -0.2) is 34.9 Å². The minimum atomic E-state index is -0.622. The molecule has 124 valence electrons. The molecule has 5 nitrogen and oxygen atoms in total. The number of hydrogen-bond donors (Lipinski definition) is 2. The highest BCUT2D eigenvalue weighted by Crippen LogP contribution is 2.31. The molecule has 0 fully saturated rings. The Kier molecular flexibility index (Phi) is 3.97. The third kappa shape index (κ3) is 2.50. The van der Waals surface area contributed by atoms with Crippen LogP contribution in [0, 0.1) is 5.82 Å².